The third kappa shape index (κ3) is 2.70. The second-order valence-electron chi connectivity index (χ2n) is 4.61. The van der Waals surface area contributed by atoms with Gasteiger partial charge in [-0.15, -0.1) is 0 Å². The number of methoxy groups -OCH3 is 1. The molecule has 0 aliphatic heterocycles. The van der Waals surface area contributed by atoms with Crippen LogP contribution >= 0.6 is 0 Å². The zero-order chi connectivity index (χ0) is 13.0. The molecule has 2 heteroatoms. The van der Waals surface area contributed by atoms with Crippen molar-refractivity contribution >= 4 is 5.97 Å². The first kappa shape index (κ1) is 12.6. The average Bonchev–Trinajstić information content (AvgIpc) is 2.60. The summed E-state index contributed by atoms with van der Waals surface area (Å²) in [6.45, 7) is 2.14. The molecule has 2 rings (SSSR count). The number of allylic oxidation sites excluding steroid dienone is 3. The van der Waals surface area contributed by atoms with Gasteiger partial charge in [0.2, 0.25) is 0 Å². The smallest absolute Gasteiger partial charge is 0.333 e. The number of esters is 1. The molecule has 0 aromatic heterocycles. The quantitative estimate of drug-likeness (QED) is 0.586. The van der Waals surface area contributed by atoms with E-state index < -0.39 is 0 Å². The Morgan fingerprint density at radius 3 is 2.67 bits per heavy atom. The minimum absolute atomic E-state index is 0.222. The Balaban J connectivity index is 2.26. The summed E-state index contributed by atoms with van der Waals surface area (Å²) in [7, 11) is 1.43. The van der Waals surface area contributed by atoms with Crippen molar-refractivity contribution in [3.63, 3.8) is 0 Å². The molecular weight excluding hydrogens is 224 g/mol. The zero-order valence-corrected chi connectivity index (χ0v) is 10.8. The molecule has 2 atom stereocenters. The van der Waals surface area contributed by atoms with Gasteiger partial charge in [0.15, 0.2) is 0 Å². The Morgan fingerprint density at radius 1 is 1.28 bits per heavy atom. The van der Waals surface area contributed by atoms with Crippen LogP contribution in [0.2, 0.25) is 0 Å². The fraction of sp³-hybridized carbons (Fsp3) is 0.312. The molecule has 0 radical (unpaired) electrons. The van der Waals surface area contributed by atoms with Gasteiger partial charge in [-0.2, -0.15) is 0 Å². The van der Waals surface area contributed by atoms with Crippen LogP contribution in [-0.2, 0) is 9.53 Å². The molecule has 1 aromatic rings. The number of carbonyl (C=O) groups is 1. The second-order valence-corrected chi connectivity index (χ2v) is 4.61. The molecule has 0 spiro atoms. The zero-order valence-electron chi connectivity index (χ0n) is 10.8. The highest BCUT2D eigenvalue weighted by Gasteiger charge is 2.20. The summed E-state index contributed by atoms with van der Waals surface area (Å²) in [4.78, 5) is 11.6. The Labute approximate surface area is 108 Å². The van der Waals surface area contributed by atoms with Crippen LogP contribution in [0.5, 0.6) is 0 Å². The van der Waals surface area contributed by atoms with Gasteiger partial charge >= 0.3 is 5.97 Å². The van der Waals surface area contributed by atoms with Crippen molar-refractivity contribution in [3.8, 4) is 0 Å². The van der Waals surface area contributed by atoms with Crippen LogP contribution in [0.4, 0.5) is 0 Å². The van der Waals surface area contributed by atoms with Crippen LogP contribution < -0.4 is 0 Å². The molecule has 1 aliphatic carbocycles. The van der Waals surface area contributed by atoms with E-state index in [0.717, 1.165) is 5.57 Å². The van der Waals surface area contributed by atoms with Gasteiger partial charge in [0, 0.05) is 11.5 Å². The van der Waals surface area contributed by atoms with Crippen molar-refractivity contribution in [1.29, 1.82) is 0 Å². The summed E-state index contributed by atoms with van der Waals surface area (Å²) in [5.41, 5.74) is 2.03. The molecule has 2 nitrogen and oxygen atoms in total. The summed E-state index contributed by atoms with van der Waals surface area (Å²) < 4.78 is 4.79. The van der Waals surface area contributed by atoms with E-state index in [0.29, 0.717) is 18.3 Å². The van der Waals surface area contributed by atoms with Crippen molar-refractivity contribution in [1.82, 2.24) is 0 Å². The number of carbonyl (C=O) groups excluding carboxylic acids is 1. The van der Waals surface area contributed by atoms with E-state index in [1.165, 1.54) is 12.7 Å². The van der Waals surface area contributed by atoms with Crippen molar-refractivity contribution < 1.29 is 9.53 Å². The number of hydrogen-bond donors (Lipinski definition) is 0. The predicted octanol–water partition coefficient (Wildman–Crippen LogP) is 3.47. The topological polar surface area (TPSA) is 26.3 Å². The molecule has 1 aromatic carbocycles. The standard InChI is InChI=1S/C16H18O2/c1-12-11-14(16(17)18-2)9-6-10-15(12)13-7-4-3-5-8-13/h3-8,10-12,15H,9H2,1-2H3/t12-,15+/m1/s1. The molecule has 0 unspecified atom stereocenters. The molecule has 94 valence electrons. The normalized spacial score (nSPS) is 23.1. The van der Waals surface area contributed by atoms with Gasteiger partial charge in [-0.1, -0.05) is 55.5 Å². The SMILES string of the molecule is COC(=O)C1=C[C@@H](C)[C@@H](c2ccccc2)C=CC1. The van der Waals surface area contributed by atoms with Gasteiger partial charge in [0.1, 0.15) is 0 Å². The summed E-state index contributed by atoms with van der Waals surface area (Å²) in [5.74, 6) is 0.397. The van der Waals surface area contributed by atoms with E-state index >= 15 is 0 Å². The van der Waals surface area contributed by atoms with E-state index in [9.17, 15) is 4.79 Å². The second kappa shape index (κ2) is 5.67. The van der Waals surface area contributed by atoms with Gasteiger partial charge in [0.05, 0.1) is 7.11 Å². The maximum Gasteiger partial charge on any atom is 0.333 e. The molecule has 0 fully saturated rings. The fourth-order valence-corrected chi connectivity index (χ4v) is 2.38. The molecule has 0 heterocycles. The van der Waals surface area contributed by atoms with Crippen LogP contribution in [-0.4, -0.2) is 13.1 Å². The summed E-state index contributed by atoms with van der Waals surface area (Å²) in [6.07, 6.45) is 6.93. The van der Waals surface area contributed by atoms with E-state index in [1.807, 2.05) is 24.3 Å². The summed E-state index contributed by atoms with van der Waals surface area (Å²) in [5, 5.41) is 0. The molecule has 0 saturated carbocycles. The number of hydrogen-bond acceptors (Lipinski definition) is 2. The Bertz CT molecular complexity index is 471. The highest BCUT2D eigenvalue weighted by molar-refractivity contribution is 5.88. The van der Waals surface area contributed by atoms with Crippen LogP contribution in [0.1, 0.15) is 24.8 Å². The minimum Gasteiger partial charge on any atom is -0.466 e. The molecule has 0 N–H and O–H groups in total. The first-order valence-electron chi connectivity index (χ1n) is 6.23. The lowest BCUT2D eigenvalue weighted by Crippen LogP contribution is -2.08. The predicted molar refractivity (Wildman–Crippen MR) is 72.2 cm³/mol. The van der Waals surface area contributed by atoms with E-state index in [-0.39, 0.29) is 5.97 Å². The highest BCUT2D eigenvalue weighted by atomic mass is 16.5. The van der Waals surface area contributed by atoms with E-state index in [4.69, 9.17) is 4.74 Å². The molecule has 18 heavy (non-hydrogen) atoms. The van der Waals surface area contributed by atoms with Gasteiger partial charge in [-0.3, -0.25) is 0 Å². The van der Waals surface area contributed by atoms with Crippen LogP contribution in [0.25, 0.3) is 0 Å². The maximum absolute atomic E-state index is 11.6. The van der Waals surface area contributed by atoms with Gasteiger partial charge in [-0.05, 0) is 17.9 Å². The monoisotopic (exact) mass is 242 g/mol. The van der Waals surface area contributed by atoms with Crippen molar-refractivity contribution in [2.75, 3.05) is 7.11 Å². The summed E-state index contributed by atoms with van der Waals surface area (Å²) >= 11 is 0. The van der Waals surface area contributed by atoms with E-state index in [1.54, 1.807) is 0 Å². The average molecular weight is 242 g/mol. The van der Waals surface area contributed by atoms with E-state index in [2.05, 4.69) is 31.2 Å². The van der Waals surface area contributed by atoms with Gasteiger partial charge in [0.25, 0.3) is 0 Å². The van der Waals surface area contributed by atoms with Crippen LogP contribution in [0.15, 0.2) is 54.1 Å². The Morgan fingerprint density at radius 2 is 2.00 bits per heavy atom. The van der Waals surface area contributed by atoms with Gasteiger partial charge < -0.3 is 4.74 Å². The molecule has 1 aliphatic rings. The lowest BCUT2D eigenvalue weighted by atomic mass is 9.87. The number of ether oxygens (including phenoxy) is 1. The van der Waals surface area contributed by atoms with Gasteiger partial charge in [-0.25, -0.2) is 4.79 Å². The first-order chi connectivity index (χ1) is 8.72. The van der Waals surface area contributed by atoms with Crippen molar-refractivity contribution in [2.45, 2.75) is 19.3 Å². The first-order valence-corrected chi connectivity index (χ1v) is 6.23. The third-order valence-electron chi connectivity index (χ3n) is 3.34. The summed E-state index contributed by atoms with van der Waals surface area (Å²) in [6, 6.07) is 10.4. The molecule has 0 bridgehead atoms. The number of benzene rings is 1. The largest absolute Gasteiger partial charge is 0.466 e. The minimum atomic E-state index is -0.222. The highest BCUT2D eigenvalue weighted by Crippen LogP contribution is 2.31. The Kier molecular flexibility index (Phi) is 3.98. The van der Waals surface area contributed by atoms with Crippen LogP contribution in [0, 0.1) is 5.92 Å². The fourth-order valence-electron chi connectivity index (χ4n) is 2.38. The maximum atomic E-state index is 11.6. The van der Waals surface area contributed by atoms with Crippen LogP contribution in [0.3, 0.4) is 0 Å². The number of rotatable bonds is 2. The van der Waals surface area contributed by atoms with Crippen molar-refractivity contribution in [2.24, 2.45) is 5.92 Å². The third-order valence-corrected chi connectivity index (χ3v) is 3.34. The molecule has 0 saturated heterocycles. The van der Waals surface area contributed by atoms with Crippen molar-refractivity contribution in [3.05, 3.63) is 59.7 Å². The Hall–Kier alpha value is -1.83. The lowest BCUT2D eigenvalue weighted by Gasteiger charge is -2.17. The molecular formula is C16H18O2. The molecule has 0 amide bonds. The lowest BCUT2D eigenvalue weighted by molar-refractivity contribution is -0.136.